The summed E-state index contributed by atoms with van der Waals surface area (Å²) in [4.78, 5) is 20.7. The standard InChI is InChI=1S/C8H5Cl2NO5/c1-15-8(12)16-7-5(10)2-4(9)3-6(7)11(13)14/h2-3H,1H3. The van der Waals surface area contributed by atoms with Crippen molar-refractivity contribution in [1.29, 1.82) is 0 Å². The van der Waals surface area contributed by atoms with Crippen LogP contribution in [0.3, 0.4) is 0 Å². The van der Waals surface area contributed by atoms with Crippen molar-refractivity contribution in [3.8, 4) is 5.75 Å². The SMILES string of the molecule is COC(=O)Oc1c(Cl)cc(Cl)cc1[N+](=O)[O-]. The van der Waals surface area contributed by atoms with Crippen LogP contribution in [0.25, 0.3) is 0 Å². The third-order valence-electron chi connectivity index (χ3n) is 1.54. The molecule has 0 amide bonds. The predicted molar refractivity (Wildman–Crippen MR) is 56.1 cm³/mol. The summed E-state index contributed by atoms with van der Waals surface area (Å²) in [6.45, 7) is 0. The Kier molecular flexibility index (Phi) is 3.92. The van der Waals surface area contributed by atoms with Gasteiger partial charge >= 0.3 is 11.8 Å². The highest BCUT2D eigenvalue weighted by Gasteiger charge is 2.23. The topological polar surface area (TPSA) is 78.7 Å². The van der Waals surface area contributed by atoms with Crippen LogP contribution < -0.4 is 4.74 Å². The molecule has 0 heterocycles. The summed E-state index contributed by atoms with van der Waals surface area (Å²) < 4.78 is 8.75. The van der Waals surface area contributed by atoms with Gasteiger partial charge in [-0.3, -0.25) is 10.1 Å². The Morgan fingerprint density at radius 3 is 2.56 bits per heavy atom. The third-order valence-corrected chi connectivity index (χ3v) is 2.04. The van der Waals surface area contributed by atoms with E-state index in [0.717, 1.165) is 13.2 Å². The number of carbonyl (C=O) groups excluding carboxylic acids is 1. The van der Waals surface area contributed by atoms with E-state index in [1.54, 1.807) is 0 Å². The average molecular weight is 266 g/mol. The number of rotatable bonds is 2. The van der Waals surface area contributed by atoms with Crippen molar-refractivity contribution in [3.05, 3.63) is 32.3 Å². The number of nitro groups is 1. The maximum atomic E-state index is 10.8. The van der Waals surface area contributed by atoms with Crippen LogP contribution in [0, 0.1) is 10.1 Å². The molecule has 0 spiro atoms. The summed E-state index contributed by atoms with van der Waals surface area (Å²) in [5, 5.41) is 10.6. The summed E-state index contributed by atoms with van der Waals surface area (Å²) in [6, 6.07) is 2.24. The highest BCUT2D eigenvalue weighted by molar-refractivity contribution is 6.36. The van der Waals surface area contributed by atoms with Gasteiger partial charge in [0.25, 0.3) is 0 Å². The van der Waals surface area contributed by atoms with Crippen molar-refractivity contribution in [1.82, 2.24) is 0 Å². The van der Waals surface area contributed by atoms with Crippen molar-refractivity contribution in [2.75, 3.05) is 7.11 Å². The molecule has 0 N–H and O–H groups in total. The van der Waals surface area contributed by atoms with E-state index < -0.39 is 22.5 Å². The predicted octanol–water partition coefficient (Wildman–Crippen LogP) is 3.05. The molecular formula is C8H5Cl2NO5. The lowest BCUT2D eigenvalue weighted by Crippen LogP contribution is -2.09. The Balaban J connectivity index is 3.24. The van der Waals surface area contributed by atoms with Crippen LogP contribution in [0.5, 0.6) is 5.75 Å². The Bertz CT molecular complexity index is 448. The van der Waals surface area contributed by atoms with Crippen LogP contribution in [-0.4, -0.2) is 18.2 Å². The van der Waals surface area contributed by atoms with Crippen LogP contribution in [0.1, 0.15) is 0 Å². The van der Waals surface area contributed by atoms with Crippen LogP contribution >= 0.6 is 23.2 Å². The van der Waals surface area contributed by atoms with Crippen LogP contribution in [-0.2, 0) is 4.74 Å². The number of nitro benzene ring substituents is 1. The Morgan fingerprint density at radius 2 is 2.06 bits per heavy atom. The van der Waals surface area contributed by atoms with E-state index in [2.05, 4.69) is 9.47 Å². The number of hydrogen-bond acceptors (Lipinski definition) is 5. The average Bonchev–Trinajstić information content (AvgIpc) is 2.20. The van der Waals surface area contributed by atoms with Gasteiger partial charge in [-0.1, -0.05) is 23.2 Å². The van der Waals surface area contributed by atoms with Crippen molar-refractivity contribution in [2.45, 2.75) is 0 Å². The minimum atomic E-state index is -1.10. The quantitative estimate of drug-likeness (QED) is 0.355. The summed E-state index contributed by atoms with van der Waals surface area (Å²) in [7, 11) is 1.07. The van der Waals surface area contributed by atoms with Gasteiger partial charge in [0, 0.05) is 11.1 Å². The van der Waals surface area contributed by atoms with E-state index >= 15 is 0 Å². The minimum absolute atomic E-state index is 0.0638. The maximum Gasteiger partial charge on any atom is 0.513 e. The molecule has 1 rings (SSSR count). The Hall–Kier alpha value is -1.53. The lowest BCUT2D eigenvalue weighted by atomic mass is 10.3. The zero-order valence-electron chi connectivity index (χ0n) is 7.90. The van der Waals surface area contributed by atoms with Crippen LogP contribution in [0.15, 0.2) is 12.1 Å². The normalized spacial score (nSPS) is 9.69. The number of nitrogens with zero attached hydrogens (tertiary/aromatic N) is 1. The first-order valence-corrected chi connectivity index (χ1v) is 4.60. The molecule has 0 fully saturated rings. The van der Waals surface area contributed by atoms with Crippen molar-refractivity contribution in [2.24, 2.45) is 0 Å². The Morgan fingerprint density at radius 1 is 1.44 bits per heavy atom. The van der Waals surface area contributed by atoms with Gasteiger partial charge in [0.1, 0.15) is 0 Å². The largest absolute Gasteiger partial charge is 0.513 e. The lowest BCUT2D eigenvalue weighted by molar-refractivity contribution is -0.385. The number of methoxy groups -OCH3 is 1. The van der Waals surface area contributed by atoms with Crippen molar-refractivity contribution < 1.29 is 19.2 Å². The third kappa shape index (κ3) is 2.74. The zero-order chi connectivity index (χ0) is 12.3. The first-order valence-electron chi connectivity index (χ1n) is 3.85. The molecular weight excluding hydrogens is 261 g/mol. The number of benzene rings is 1. The fourth-order valence-electron chi connectivity index (χ4n) is 0.908. The number of halogens is 2. The fourth-order valence-corrected chi connectivity index (χ4v) is 1.43. The molecule has 8 heteroatoms. The van der Waals surface area contributed by atoms with Crippen molar-refractivity contribution in [3.63, 3.8) is 0 Å². The summed E-state index contributed by atoms with van der Waals surface area (Å²) in [5.74, 6) is -0.400. The molecule has 0 saturated heterocycles. The van der Waals surface area contributed by atoms with E-state index in [1.165, 1.54) is 6.07 Å². The van der Waals surface area contributed by atoms with Crippen LogP contribution in [0.4, 0.5) is 10.5 Å². The lowest BCUT2D eigenvalue weighted by Gasteiger charge is -2.05. The van der Waals surface area contributed by atoms with Gasteiger partial charge in [0.05, 0.1) is 17.1 Å². The first kappa shape index (κ1) is 12.5. The number of carbonyl (C=O) groups is 1. The van der Waals surface area contributed by atoms with Gasteiger partial charge in [0.2, 0.25) is 5.75 Å². The summed E-state index contributed by atoms with van der Waals surface area (Å²) >= 11 is 11.2. The van der Waals surface area contributed by atoms with Gasteiger partial charge in [0.15, 0.2) is 0 Å². The molecule has 1 aromatic carbocycles. The van der Waals surface area contributed by atoms with E-state index in [9.17, 15) is 14.9 Å². The molecule has 0 aliphatic rings. The first-order chi connectivity index (χ1) is 7.45. The van der Waals surface area contributed by atoms with Gasteiger partial charge < -0.3 is 9.47 Å². The smallest absolute Gasteiger partial charge is 0.437 e. The molecule has 1 aromatic rings. The van der Waals surface area contributed by atoms with E-state index in [4.69, 9.17) is 23.2 Å². The number of ether oxygens (including phenoxy) is 2. The summed E-state index contributed by atoms with van der Waals surface area (Å²) in [6.07, 6.45) is -1.10. The molecule has 0 saturated carbocycles. The maximum absolute atomic E-state index is 10.8. The van der Waals surface area contributed by atoms with Crippen molar-refractivity contribution >= 4 is 35.0 Å². The molecule has 6 nitrogen and oxygen atoms in total. The second kappa shape index (κ2) is 5.00. The van der Waals surface area contributed by atoms with E-state index in [0.29, 0.717) is 0 Å². The zero-order valence-corrected chi connectivity index (χ0v) is 9.41. The minimum Gasteiger partial charge on any atom is -0.437 e. The number of hydrogen-bond donors (Lipinski definition) is 0. The highest BCUT2D eigenvalue weighted by Crippen LogP contribution is 2.37. The van der Waals surface area contributed by atoms with Gasteiger partial charge in [-0.25, -0.2) is 4.79 Å². The molecule has 16 heavy (non-hydrogen) atoms. The molecule has 0 unspecified atom stereocenters. The molecule has 86 valence electrons. The molecule has 0 bridgehead atoms. The molecule has 0 radical (unpaired) electrons. The van der Waals surface area contributed by atoms with Gasteiger partial charge in [-0.2, -0.15) is 0 Å². The molecule has 0 aliphatic heterocycles. The molecule has 0 atom stereocenters. The van der Waals surface area contributed by atoms with Crippen LogP contribution in [0.2, 0.25) is 10.0 Å². The second-order valence-electron chi connectivity index (χ2n) is 2.55. The van der Waals surface area contributed by atoms with E-state index in [-0.39, 0.29) is 10.0 Å². The fraction of sp³-hybridized carbons (Fsp3) is 0.125. The summed E-state index contributed by atoms with van der Waals surface area (Å²) in [5.41, 5.74) is -0.511. The Labute approximate surface area is 99.8 Å². The highest BCUT2D eigenvalue weighted by atomic mass is 35.5. The van der Waals surface area contributed by atoms with Gasteiger partial charge in [-0.05, 0) is 6.07 Å². The monoisotopic (exact) mass is 265 g/mol. The second-order valence-corrected chi connectivity index (χ2v) is 3.39. The molecule has 0 aromatic heterocycles. The van der Waals surface area contributed by atoms with Gasteiger partial charge in [-0.15, -0.1) is 0 Å². The molecule has 0 aliphatic carbocycles. The van der Waals surface area contributed by atoms with E-state index in [1.807, 2.05) is 0 Å².